The van der Waals surface area contributed by atoms with Crippen molar-refractivity contribution in [3.05, 3.63) is 53.8 Å². The van der Waals surface area contributed by atoms with Crippen LogP contribution in [-0.2, 0) is 4.79 Å². The second kappa shape index (κ2) is 7.36. The molecule has 0 bridgehead atoms. The molecular formula is C18H17ClN4O2. The number of fused-ring (bicyclic) bond motifs is 1. The van der Waals surface area contributed by atoms with Crippen molar-refractivity contribution in [1.82, 2.24) is 9.97 Å². The Balaban J connectivity index is 1.66. The van der Waals surface area contributed by atoms with Crippen molar-refractivity contribution in [3.8, 4) is 5.75 Å². The molecule has 1 aromatic carbocycles. The molecule has 2 aromatic heterocycles. The van der Waals surface area contributed by atoms with E-state index in [1.165, 1.54) is 0 Å². The van der Waals surface area contributed by atoms with Gasteiger partial charge in [0.1, 0.15) is 17.1 Å². The molecule has 7 heteroatoms. The van der Waals surface area contributed by atoms with E-state index in [-0.39, 0.29) is 12.5 Å². The zero-order chi connectivity index (χ0) is 17.8. The molecule has 0 aliphatic rings. The molecule has 0 saturated heterocycles. The SMILES string of the molecule is CN(C)c1ccc(NC(=O)COc2ccc(Cl)c3cccnc23)nc1. The first-order valence-corrected chi connectivity index (χ1v) is 8.01. The van der Waals surface area contributed by atoms with Crippen molar-refractivity contribution < 1.29 is 9.53 Å². The van der Waals surface area contributed by atoms with E-state index < -0.39 is 0 Å². The third-order valence-electron chi connectivity index (χ3n) is 3.57. The van der Waals surface area contributed by atoms with Crippen molar-refractivity contribution >= 4 is 39.9 Å². The number of anilines is 2. The molecule has 1 N–H and O–H groups in total. The average molecular weight is 357 g/mol. The van der Waals surface area contributed by atoms with Gasteiger partial charge >= 0.3 is 0 Å². The van der Waals surface area contributed by atoms with Crippen LogP contribution in [0.15, 0.2) is 48.8 Å². The molecule has 0 radical (unpaired) electrons. The van der Waals surface area contributed by atoms with E-state index in [4.69, 9.17) is 16.3 Å². The predicted octanol–water partition coefficient (Wildman–Crippen LogP) is 3.37. The highest BCUT2D eigenvalue weighted by Crippen LogP contribution is 2.29. The van der Waals surface area contributed by atoms with Crippen LogP contribution in [0.4, 0.5) is 11.5 Å². The molecule has 6 nitrogen and oxygen atoms in total. The van der Waals surface area contributed by atoms with Crippen LogP contribution in [0.3, 0.4) is 0 Å². The summed E-state index contributed by atoms with van der Waals surface area (Å²) < 4.78 is 5.60. The van der Waals surface area contributed by atoms with E-state index in [1.54, 1.807) is 36.7 Å². The van der Waals surface area contributed by atoms with Crippen molar-refractivity contribution in [2.75, 3.05) is 30.9 Å². The van der Waals surface area contributed by atoms with Crippen molar-refractivity contribution in [2.45, 2.75) is 0 Å². The van der Waals surface area contributed by atoms with Gasteiger partial charge in [0.25, 0.3) is 5.91 Å². The Bertz CT molecular complexity index is 897. The Kier molecular flexibility index (Phi) is 5.00. The van der Waals surface area contributed by atoms with E-state index in [2.05, 4.69) is 15.3 Å². The summed E-state index contributed by atoms with van der Waals surface area (Å²) >= 11 is 6.15. The molecule has 128 valence electrons. The highest BCUT2D eigenvalue weighted by molar-refractivity contribution is 6.35. The molecule has 0 fully saturated rings. The monoisotopic (exact) mass is 356 g/mol. The summed E-state index contributed by atoms with van der Waals surface area (Å²) in [6, 6.07) is 10.7. The van der Waals surface area contributed by atoms with E-state index in [0.29, 0.717) is 22.1 Å². The Morgan fingerprint density at radius 2 is 2.04 bits per heavy atom. The number of nitrogens with one attached hydrogen (secondary N) is 1. The minimum Gasteiger partial charge on any atom is -0.481 e. The van der Waals surface area contributed by atoms with Crippen LogP contribution in [0.1, 0.15) is 0 Å². The maximum absolute atomic E-state index is 12.1. The summed E-state index contributed by atoms with van der Waals surface area (Å²) in [7, 11) is 3.85. The second-order valence-corrected chi connectivity index (χ2v) is 5.99. The Hall–Kier alpha value is -2.86. The zero-order valence-corrected chi connectivity index (χ0v) is 14.6. The Morgan fingerprint density at radius 3 is 2.76 bits per heavy atom. The Morgan fingerprint density at radius 1 is 1.20 bits per heavy atom. The molecule has 3 aromatic rings. The highest BCUT2D eigenvalue weighted by Gasteiger charge is 2.10. The number of benzene rings is 1. The van der Waals surface area contributed by atoms with E-state index in [0.717, 1.165) is 11.1 Å². The van der Waals surface area contributed by atoms with Crippen LogP contribution in [0.2, 0.25) is 5.02 Å². The van der Waals surface area contributed by atoms with Crippen molar-refractivity contribution in [2.24, 2.45) is 0 Å². The van der Waals surface area contributed by atoms with Crippen LogP contribution in [0, 0.1) is 0 Å². The number of rotatable bonds is 5. The van der Waals surface area contributed by atoms with Gasteiger partial charge in [0.15, 0.2) is 6.61 Å². The predicted molar refractivity (Wildman–Crippen MR) is 99.4 cm³/mol. The summed E-state index contributed by atoms with van der Waals surface area (Å²) in [6.07, 6.45) is 3.34. The number of pyridine rings is 2. The van der Waals surface area contributed by atoms with Crippen LogP contribution >= 0.6 is 11.6 Å². The number of ether oxygens (including phenoxy) is 1. The fourth-order valence-corrected chi connectivity index (χ4v) is 2.49. The summed E-state index contributed by atoms with van der Waals surface area (Å²) in [5.74, 6) is 0.675. The van der Waals surface area contributed by atoms with Crippen LogP contribution in [0.5, 0.6) is 5.75 Å². The first-order chi connectivity index (χ1) is 12.0. The molecule has 1 amide bonds. The first-order valence-electron chi connectivity index (χ1n) is 7.64. The zero-order valence-electron chi connectivity index (χ0n) is 13.9. The van der Waals surface area contributed by atoms with Gasteiger partial charge in [0, 0.05) is 25.7 Å². The normalized spacial score (nSPS) is 10.5. The van der Waals surface area contributed by atoms with Crippen LogP contribution in [-0.4, -0.2) is 36.6 Å². The van der Waals surface area contributed by atoms with E-state index >= 15 is 0 Å². The third-order valence-corrected chi connectivity index (χ3v) is 3.90. The topological polar surface area (TPSA) is 67.4 Å². The molecule has 0 aliphatic carbocycles. The third kappa shape index (κ3) is 3.97. The number of hydrogen-bond acceptors (Lipinski definition) is 5. The lowest BCUT2D eigenvalue weighted by molar-refractivity contribution is -0.118. The second-order valence-electron chi connectivity index (χ2n) is 5.58. The number of aromatic nitrogens is 2. The maximum Gasteiger partial charge on any atom is 0.263 e. The number of hydrogen-bond donors (Lipinski definition) is 1. The lowest BCUT2D eigenvalue weighted by Crippen LogP contribution is -2.21. The number of carbonyl (C=O) groups excluding carboxylic acids is 1. The largest absolute Gasteiger partial charge is 0.481 e. The first kappa shape index (κ1) is 17.0. The summed E-state index contributed by atoms with van der Waals surface area (Å²) in [5.41, 5.74) is 1.57. The van der Waals surface area contributed by atoms with Gasteiger partial charge in [-0.3, -0.25) is 9.78 Å². The summed E-state index contributed by atoms with van der Waals surface area (Å²) in [6.45, 7) is -0.148. The van der Waals surface area contributed by atoms with Gasteiger partial charge < -0.3 is 15.0 Å². The molecule has 0 atom stereocenters. The quantitative estimate of drug-likeness (QED) is 0.759. The molecule has 0 unspecified atom stereocenters. The standard InChI is InChI=1S/C18H17ClN4O2/c1-23(2)12-5-8-16(21-10-12)22-17(24)11-25-15-7-6-14(19)13-4-3-9-20-18(13)15/h3-10H,11H2,1-2H3,(H,21,22,24). The van der Waals surface area contributed by atoms with E-state index in [1.807, 2.05) is 31.1 Å². The van der Waals surface area contributed by atoms with E-state index in [9.17, 15) is 4.79 Å². The molecular weight excluding hydrogens is 340 g/mol. The average Bonchev–Trinajstić information content (AvgIpc) is 2.62. The lowest BCUT2D eigenvalue weighted by Gasteiger charge is -2.12. The van der Waals surface area contributed by atoms with Gasteiger partial charge in [0.2, 0.25) is 0 Å². The summed E-state index contributed by atoms with van der Waals surface area (Å²) in [4.78, 5) is 22.5. The molecule has 0 saturated carbocycles. The van der Waals surface area contributed by atoms with Gasteiger partial charge in [-0.2, -0.15) is 0 Å². The Labute approximate surface area is 150 Å². The minimum absolute atomic E-state index is 0.148. The molecule has 25 heavy (non-hydrogen) atoms. The van der Waals surface area contributed by atoms with Gasteiger partial charge in [-0.05, 0) is 36.4 Å². The minimum atomic E-state index is -0.302. The molecule has 3 rings (SSSR count). The van der Waals surface area contributed by atoms with Gasteiger partial charge in [-0.25, -0.2) is 4.98 Å². The van der Waals surface area contributed by atoms with Gasteiger partial charge in [0.05, 0.1) is 16.9 Å². The highest BCUT2D eigenvalue weighted by atomic mass is 35.5. The molecule has 2 heterocycles. The lowest BCUT2D eigenvalue weighted by atomic mass is 10.2. The van der Waals surface area contributed by atoms with Crippen LogP contribution < -0.4 is 15.0 Å². The van der Waals surface area contributed by atoms with Crippen molar-refractivity contribution in [3.63, 3.8) is 0 Å². The van der Waals surface area contributed by atoms with Gasteiger partial charge in [-0.1, -0.05) is 11.6 Å². The van der Waals surface area contributed by atoms with Gasteiger partial charge in [-0.15, -0.1) is 0 Å². The number of amides is 1. The number of nitrogens with zero attached hydrogens (tertiary/aromatic N) is 3. The molecule has 0 aliphatic heterocycles. The van der Waals surface area contributed by atoms with Crippen LogP contribution in [0.25, 0.3) is 10.9 Å². The maximum atomic E-state index is 12.1. The fraction of sp³-hybridized carbons (Fsp3) is 0.167. The summed E-state index contributed by atoms with van der Waals surface area (Å²) in [5, 5.41) is 4.07. The molecule has 0 spiro atoms. The number of halogens is 1. The fourth-order valence-electron chi connectivity index (χ4n) is 2.28. The van der Waals surface area contributed by atoms with Crippen molar-refractivity contribution in [1.29, 1.82) is 0 Å². The smallest absolute Gasteiger partial charge is 0.263 e. The number of carbonyl (C=O) groups is 1.